The van der Waals surface area contributed by atoms with E-state index in [1.54, 1.807) is 29.2 Å². The van der Waals surface area contributed by atoms with Gasteiger partial charge in [0.05, 0.1) is 13.2 Å². The molecule has 1 fully saturated rings. The number of aromatic amines is 1. The van der Waals surface area contributed by atoms with Crippen molar-refractivity contribution < 1.29 is 19.1 Å². The van der Waals surface area contributed by atoms with E-state index < -0.39 is 6.09 Å². The van der Waals surface area contributed by atoms with E-state index in [1.807, 2.05) is 42.5 Å². The highest BCUT2D eigenvalue weighted by atomic mass is 35.5. The molecule has 3 aromatic carbocycles. The number of carbonyl (C=O) groups is 1. The third kappa shape index (κ3) is 7.15. The number of benzene rings is 3. The molecule has 3 N–H and O–H groups in total. The van der Waals surface area contributed by atoms with Crippen LogP contribution in [0.3, 0.4) is 0 Å². The van der Waals surface area contributed by atoms with Crippen molar-refractivity contribution in [1.29, 1.82) is 0 Å². The van der Waals surface area contributed by atoms with E-state index in [2.05, 4.69) is 14.8 Å². The molecule has 1 unspecified atom stereocenters. The Labute approximate surface area is 267 Å². The van der Waals surface area contributed by atoms with Gasteiger partial charge in [0.2, 0.25) is 0 Å². The Kier molecular flexibility index (Phi) is 9.91. The Balaban J connectivity index is 1.13. The van der Waals surface area contributed by atoms with Crippen LogP contribution in [0.5, 0.6) is 11.5 Å². The standard InChI is InChI=1S/C33H37Cl2N5O4/c34-24-4-9-27(10-5-24)44-33(41)40-14-12-28-29-22-25(35)6-11-30(29)37-31(28)32(40)23-2-7-26(8-3-23)42-20-1-13-38-15-17-39(18-16-38)19-21-43-36/h2-11,22,32,37H,1,12-21,36H2. The van der Waals surface area contributed by atoms with Gasteiger partial charge >= 0.3 is 6.09 Å². The lowest BCUT2D eigenvalue weighted by Gasteiger charge is -2.35. The summed E-state index contributed by atoms with van der Waals surface area (Å²) in [4.78, 5) is 28.4. The first-order valence-corrected chi connectivity index (χ1v) is 15.8. The zero-order valence-electron chi connectivity index (χ0n) is 24.5. The highest BCUT2D eigenvalue weighted by molar-refractivity contribution is 6.31. The molecule has 2 aliphatic heterocycles. The highest BCUT2D eigenvalue weighted by Crippen LogP contribution is 2.40. The molecular formula is C33H37Cl2N5O4. The van der Waals surface area contributed by atoms with Gasteiger partial charge < -0.3 is 24.2 Å². The summed E-state index contributed by atoms with van der Waals surface area (Å²) in [6.07, 6.45) is 1.20. The number of ether oxygens (including phenoxy) is 2. The van der Waals surface area contributed by atoms with Crippen molar-refractivity contribution in [1.82, 2.24) is 19.7 Å². The first-order chi connectivity index (χ1) is 21.5. The fourth-order valence-electron chi connectivity index (χ4n) is 6.11. The van der Waals surface area contributed by atoms with Gasteiger partial charge in [-0.05, 0) is 78.6 Å². The summed E-state index contributed by atoms with van der Waals surface area (Å²) < 4.78 is 11.9. The Hall–Kier alpha value is -3.31. The summed E-state index contributed by atoms with van der Waals surface area (Å²) in [6.45, 7) is 7.72. The number of fused-ring (bicyclic) bond motifs is 3. The average Bonchev–Trinajstić information content (AvgIpc) is 3.41. The SMILES string of the molecule is NOCCN1CCN(CCCOc2ccc(C3c4[nH]c5ccc(Cl)cc5c4CCN3C(=O)Oc3ccc(Cl)cc3)cc2)CC1. The molecule has 44 heavy (non-hydrogen) atoms. The van der Waals surface area contributed by atoms with Gasteiger partial charge in [-0.15, -0.1) is 0 Å². The molecule has 1 atom stereocenters. The van der Waals surface area contributed by atoms with Gasteiger partial charge in [-0.3, -0.25) is 9.80 Å². The zero-order valence-corrected chi connectivity index (χ0v) is 26.0. The molecule has 1 saturated heterocycles. The van der Waals surface area contributed by atoms with Gasteiger partial charge in [0.15, 0.2) is 0 Å². The van der Waals surface area contributed by atoms with Crippen LogP contribution in [0.25, 0.3) is 10.9 Å². The molecule has 1 aromatic heterocycles. The first kappa shape index (κ1) is 30.7. The van der Waals surface area contributed by atoms with Crippen molar-refractivity contribution in [3.63, 3.8) is 0 Å². The lowest BCUT2D eigenvalue weighted by atomic mass is 9.92. The van der Waals surface area contributed by atoms with Gasteiger partial charge in [0.1, 0.15) is 17.5 Å². The second-order valence-electron chi connectivity index (χ2n) is 11.2. The van der Waals surface area contributed by atoms with E-state index in [1.165, 1.54) is 0 Å². The maximum atomic E-state index is 13.5. The third-order valence-electron chi connectivity index (χ3n) is 8.42. The highest BCUT2D eigenvalue weighted by Gasteiger charge is 2.36. The minimum absolute atomic E-state index is 0.367. The monoisotopic (exact) mass is 637 g/mol. The molecule has 9 nitrogen and oxygen atoms in total. The number of rotatable bonds is 10. The van der Waals surface area contributed by atoms with Crippen LogP contribution in [-0.2, 0) is 11.3 Å². The van der Waals surface area contributed by atoms with Crippen molar-refractivity contribution in [3.05, 3.63) is 93.6 Å². The smallest absolute Gasteiger partial charge is 0.416 e. The topological polar surface area (TPSA) is 96.3 Å². The molecule has 0 aliphatic carbocycles. The number of H-pyrrole nitrogens is 1. The molecule has 0 saturated carbocycles. The van der Waals surface area contributed by atoms with Gasteiger partial charge in [-0.2, -0.15) is 0 Å². The molecule has 1 amide bonds. The molecule has 0 spiro atoms. The molecule has 11 heteroatoms. The lowest BCUT2D eigenvalue weighted by molar-refractivity contribution is 0.0745. The number of nitrogens with zero attached hydrogens (tertiary/aromatic N) is 3. The zero-order chi connectivity index (χ0) is 30.5. The second kappa shape index (κ2) is 14.2. The maximum absolute atomic E-state index is 13.5. The molecule has 232 valence electrons. The van der Waals surface area contributed by atoms with Crippen molar-refractivity contribution in [2.75, 3.05) is 59.0 Å². The number of amides is 1. The number of nitrogens with one attached hydrogen (secondary N) is 1. The van der Waals surface area contributed by atoms with Crippen molar-refractivity contribution in [3.8, 4) is 11.5 Å². The van der Waals surface area contributed by atoms with E-state index >= 15 is 0 Å². The maximum Gasteiger partial charge on any atom is 0.416 e. The molecule has 2 aliphatic rings. The summed E-state index contributed by atoms with van der Waals surface area (Å²) in [7, 11) is 0. The summed E-state index contributed by atoms with van der Waals surface area (Å²) >= 11 is 12.4. The quantitative estimate of drug-likeness (QED) is 0.165. The molecule has 0 radical (unpaired) electrons. The average molecular weight is 639 g/mol. The predicted octanol–water partition coefficient (Wildman–Crippen LogP) is 5.90. The lowest BCUT2D eigenvalue weighted by Crippen LogP contribution is -2.47. The van der Waals surface area contributed by atoms with E-state index in [-0.39, 0.29) is 6.04 Å². The van der Waals surface area contributed by atoms with Crippen LogP contribution in [-0.4, -0.2) is 84.8 Å². The minimum atomic E-state index is -0.423. The number of hydrogen-bond acceptors (Lipinski definition) is 7. The third-order valence-corrected chi connectivity index (χ3v) is 8.90. The number of nitrogens with two attached hydrogens (primary N) is 1. The Bertz CT molecular complexity index is 1560. The summed E-state index contributed by atoms with van der Waals surface area (Å²) in [5, 5.41) is 2.34. The Morgan fingerprint density at radius 1 is 0.841 bits per heavy atom. The second-order valence-corrected chi connectivity index (χ2v) is 12.1. The number of carbonyl (C=O) groups excluding carboxylic acids is 1. The number of aromatic nitrogens is 1. The van der Waals surface area contributed by atoms with E-state index in [0.29, 0.717) is 42.0 Å². The summed E-state index contributed by atoms with van der Waals surface area (Å²) in [5.74, 6) is 6.40. The van der Waals surface area contributed by atoms with Crippen LogP contribution in [0, 0.1) is 0 Å². The van der Waals surface area contributed by atoms with Crippen LogP contribution in [0.15, 0.2) is 66.7 Å². The number of hydrogen-bond donors (Lipinski definition) is 2. The van der Waals surface area contributed by atoms with Crippen LogP contribution in [0.2, 0.25) is 10.0 Å². The number of halogens is 2. The normalized spacial score (nSPS) is 17.5. The molecule has 0 bridgehead atoms. The fourth-order valence-corrected chi connectivity index (χ4v) is 6.41. The summed E-state index contributed by atoms with van der Waals surface area (Å²) in [5.41, 5.74) is 4.08. The molecule has 6 rings (SSSR count). The Morgan fingerprint density at radius 2 is 1.52 bits per heavy atom. The van der Waals surface area contributed by atoms with Gasteiger partial charge in [0.25, 0.3) is 0 Å². The fraction of sp³-hybridized carbons (Fsp3) is 0.364. The van der Waals surface area contributed by atoms with Crippen molar-refractivity contribution in [2.24, 2.45) is 5.90 Å². The van der Waals surface area contributed by atoms with Crippen LogP contribution in [0.4, 0.5) is 4.79 Å². The van der Waals surface area contributed by atoms with E-state index in [0.717, 1.165) is 79.2 Å². The molecular weight excluding hydrogens is 601 g/mol. The van der Waals surface area contributed by atoms with Gasteiger partial charge in [-0.25, -0.2) is 10.7 Å². The van der Waals surface area contributed by atoms with Crippen LogP contribution < -0.4 is 15.4 Å². The van der Waals surface area contributed by atoms with Crippen LogP contribution >= 0.6 is 23.2 Å². The first-order valence-electron chi connectivity index (χ1n) is 15.0. The molecule has 3 heterocycles. The van der Waals surface area contributed by atoms with Gasteiger partial charge in [-0.1, -0.05) is 35.3 Å². The molecule has 4 aromatic rings. The Morgan fingerprint density at radius 3 is 2.25 bits per heavy atom. The summed E-state index contributed by atoms with van der Waals surface area (Å²) in [6, 6.07) is 20.3. The van der Waals surface area contributed by atoms with Crippen molar-refractivity contribution in [2.45, 2.75) is 18.9 Å². The van der Waals surface area contributed by atoms with E-state index in [4.69, 9.17) is 43.4 Å². The predicted molar refractivity (Wildman–Crippen MR) is 173 cm³/mol. The van der Waals surface area contributed by atoms with Gasteiger partial charge in [0, 0.05) is 72.5 Å². The van der Waals surface area contributed by atoms with Crippen molar-refractivity contribution >= 4 is 40.2 Å². The number of piperazine rings is 1. The van der Waals surface area contributed by atoms with Crippen LogP contribution in [0.1, 0.15) is 29.3 Å². The van der Waals surface area contributed by atoms with E-state index in [9.17, 15) is 4.79 Å². The minimum Gasteiger partial charge on any atom is -0.494 e. The largest absolute Gasteiger partial charge is 0.494 e.